The number of carbonyl (C=O) groups excluding carboxylic acids is 1. The number of benzene rings is 3. The fourth-order valence-corrected chi connectivity index (χ4v) is 2.92. The molecule has 0 aliphatic heterocycles. The number of rotatable bonds is 4. The van der Waals surface area contributed by atoms with Crippen molar-refractivity contribution in [3.05, 3.63) is 108 Å². The van der Waals surface area contributed by atoms with E-state index in [9.17, 15) is 9.90 Å². The van der Waals surface area contributed by atoms with E-state index < -0.39 is 11.4 Å². The van der Waals surface area contributed by atoms with Crippen LogP contribution in [-0.4, -0.2) is 5.97 Å². The second-order valence-corrected chi connectivity index (χ2v) is 5.14. The van der Waals surface area contributed by atoms with Gasteiger partial charge in [0.2, 0.25) is 0 Å². The van der Waals surface area contributed by atoms with E-state index in [1.54, 1.807) is 0 Å². The SMILES string of the molecule is O=C([O-])C(c1ccccc1)(c1ccccc1)c1ccccc1.[Na+]. The van der Waals surface area contributed by atoms with Gasteiger partial charge in [-0.3, -0.25) is 0 Å². The van der Waals surface area contributed by atoms with Gasteiger partial charge in [-0.1, -0.05) is 91.0 Å². The fourth-order valence-electron chi connectivity index (χ4n) is 2.92. The third-order valence-electron chi connectivity index (χ3n) is 3.93. The third-order valence-corrected chi connectivity index (χ3v) is 3.93. The standard InChI is InChI=1S/C20H16O2.Na/c21-19(22)20(16-10-4-1-5-11-16,17-12-6-2-7-13-17)18-14-8-3-9-15-18;/h1-15H,(H,21,22);/q;+1/p-1. The predicted octanol–water partition coefficient (Wildman–Crippen LogP) is -0.225. The molecule has 3 heteroatoms. The van der Waals surface area contributed by atoms with Gasteiger partial charge in [0.1, 0.15) is 0 Å². The first-order chi connectivity index (χ1) is 10.8. The number of hydrogen-bond donors (Lipinski definition) is 0. The summed E-state index contributed by atoms with van der Waals surface area (Å²) in [5, 5.41) is 12.3. The Kier molecular flexibility index (Phi) is 5.78. The fraction of sp³-hybridized carbons (Fsp3) is 0.0500. The Hall–Kier alpha value is -1.87. The molecule has 0 bridgehead atoms. The van der Waals surface area contributed by atoms with Gasteiger partial charge in [-0.25, -0.2) is 0 Å². The molecule has 0 spiro atoms. The molecule has 0 radical (unpaired) electrons. The van der Waals surface area contributed by atoms with E-state index in [0.717, 1.165) is 0 Å². The minimum Gasteiger partial charge on any atom is -0.548 e. The topological polar surface area (TPSA) is 40.1 Å². The van der Waals surface area contributed by atoms with Crippen LogP contribution in [0.5, 0.6) is 0 Å². The Bertz CT molecular complexity index is 659. The molecule has 0 saturated heterocycles. The number of carbonyl (C=O) groups is 1. The molecule has 23 heavy (non-hydrogen) atoms. The Morgan fingerprint density at radius 2 is 0.870 bits per heavy atom. The van der Waals surface area contributed by atoms with Gasteiger partial charge in [0.05, 0.1) is 11.4 Å². The van der Waals surface area contributed by atoms with Crippen molar-refractivity contribution in [3.8, 4) is 0 Å². The minimum atomic E-state index is -1.32. The van der Waals surface area contributed by atoms with Crippen molar-refractivity contribution in [3.63, 3.8) is 0 Å². The Morgan fingerprint density at radius 3 is 1.09 bits per heavy atom. The van der Waals surface area contributed by atoms with Crippen molar-refractivity contribution < 1.29 is 39.5 Å². The van der Waals surface area contributed by atoms with E-state index in [-0.39, 0.29) is 29.6 Å². The Balaban J connectivity index is 0.00000192. The first-order valence-corrected chi connectivity index (χ1v) is 7.14. The van der Waals surface area contributed by atoms with Gasteiger partial charge in [0, 0.05) is 0 Å². The summed E-state index contributed by atoms with van der Waals surface area (Å²) in [5.74, 6) is -1.13. The molecule has 0 heterocycles. The van der Waals surface area contributed by atoms with Crippen LogP contribution in [0.1, 0.15) is 16.7 Å². The average molecular weight is 310 g/mol. The summed E-state index contributed by atoms with van der Waals surface area (Å²) in [7, 11) is 0. The van der Waals surface area contributed by atoms with Crippen LogP contribution in [0.2, 0.25) is 0 Å². The predicted molar refractivity (Wildman–Crippen MR) is 84.2 cm³/mol. The summed E-state index contributed by atoms with van der Waals surface area (Å²) in [4.78, 5) is 12.3. The van der Waals surface area contributed by atoms with Gasteiger partial charge in [0.25, 0.3) is 0 Å². The van der Waals surface area contributed by atoms with Gasteiger partial charge in [-0.15, -0.1) is 0 Å². The van der Waals surface area contributed by atoms with E-state index in [0.29, 0.717) is 16.7 Å². The zero-order chi connectivity index (χ0) is 15.4. The molecule has 3 rings (SSSR count). The molecule has 0 unspecified atom stereocenters. The molecule has 0 N–H and O–H groups in total. The quantitative estimate of drug-likeness (QED) is 0.494. The second kappa shape index (κ2) is 7.60. The maximum absolute atomic E-state index is 12.3. The zero-order valence-corrected chi connectivity index (χ0v) is 15.0. The molecule has 108 valence electrons. The molecule has 0 aliphatic rings. The summed E-state index contributed by atoms with van der Waals surface area (Å²) < 4.78 is 0. The largest absolute Gasteiger partial charge is 1.00 e. The zero-order valence-electron chi connectivity index (χ0n) is 13.0. The van der Waals surface area contributed by atoms with Crippen LogP contribution in [0.25, 0.3) is 0 Å². The Labute approximate surface area is 158 Å². The minimum absolute atomic E-state index is 0. The Morgan fingerprint density at radius 1 is 0.609 bits per heavy atom. The summed E-state index contributed by atoms with van der Waals surface area (Å²) in [6.45, 7) is 0. The van der Waals surface area contributed by atoms with Gasteiger partial charge in [-0.2, -0.15) is 0 Å². The summed E-state index contributed by atoms with van der Waals surface area (Å²) in [5.41, 5.74) is 0.747. The smallest absolute Gasteiger partial charge is 0.548 e. The van der Waals surface area contributed by atoms with E-state index in [2.05, 4.69) is 0 Å². The molecule has 3 aromatic rings. The molecule has 0 amide bonds. The molecule has 0 aliphatic carbocycles. The van der Waals surface area contributed by atoms with Crippen LogP contribution in [0, 0.1) is 0 Å². The maximum Gasteiger partial charge on any atom is 1.00 e. The van der Waals surface area contributed by atoms with Gasteiger partial charge in [-0.05, 0) is 16.7 Å². The van der Waals surface area contributed by atoms with E-state index >= 15 is 0 Å². The van der Waals surface area contributed by atoms with Crippen molar-refractivity contribution in [1.82, 2.24) is 0 Å². The van der Waals surface area contributed by atoms with Crippen LogP contribution < -0.4 is 34.7 Å². The molecular weight excluding hydrogens is 295 g/mol. The molecule has 3 aromatic carbocycles. The molecule has 0 atom stereocenters. The maximum atomic E-state index is 12.3. The molecule has 0 aromatic heterocycles. The van der Waals surface area contributed by atoms with Crippen LogP contribution in [-0.2, 0) is 10.2 Å². The number of carboxylic acid groups (broad SMARTS) is 1. The van der Waals surface area contributed by atoms with Crippen molar-refractivity contribution >= 4 is 5.97 Å². The molecule has 2 nitrogen and oxygen atoms in total. The second-order valence-electron chi connectivity index (χ2n) is 5.14. The number of carboxylic acids is 1. The van der Waals surface area contributed by atoms with Gasteiger partial charge >= 0.3 is 29.6 Å². The van der Waals surface area contributed by atoms with Gasteiger partial charge < -0.3 is 9.90 Å². The van der Waals surface area contributed by atoms with Crippen molar-refractivity contribution in [2.24, 2.45) is 0 Å². The van der Waals surface area contributed by atoms with E-state index in [1.807, 2.05) is 91.0 Å². The van der Waals surface area contributed by atoms with Crippen LogP contribution >= 0.6 is 0 Å². The first kappa shape index (κ1) is 17.5. The summed E-state index contributed by atoms with van der Waals surface area (Å²) in [6.07, 6.45) is 0. The first-order valence-electron chi connectivity index (χ1n) is 7.14. The molecule has 0 saturated carbocycles. The molecule has 0 fully saturated rings. The van der Waals surface area contributed by atoms with E-state index in [4.69, 9.17) is 0 Å². The average Bonchev–Trinajstić information content (AvgIpc) is 2.58. The monoisotopic (exact) mass is 310 g/mol. The normalized spacial score (nSPS) is 10.6. The van der Waals surface area contributed by atoms with E-state index in [1.165, 1.54) is 0 Å². The van der Waals surface area contributed by atoms with Crippen molar-refractivity contribution in [2.45, 2.75) is 5.41 Å². The van der Waals surface area contributed by atoms with Gasteiger partial charge in [0.15, 0.2) is 0 Å². The molecular formula is C20H15NaO2. The van der Waals surface area contributed by atoms with Crippen LogP contribution in [0.15, 0.2) is 91.0 Å². The number of hydrogen-bond acceptors (Lipinski definition) is 2. The summed E-state index contributed by atoms with van der Waals surface area (Å²) in [6, 6.07) is 27.7. The van der Waals surface area contributed by atoms with Crippen LogP contribution in [0.3, 0.4) is 0 Å². The third kappa shape index (κ3) is 3.11. The van der Waals surface area contributed by atoms with Crippen molar-refractivity contribution in [1.29, 1.82) is 0 Å². The van der Waals surface area contributed by atoms with Crippen LogP contribution in [0.4, 0.5) is 0 Å². The van der Waals surface area contributed by atoms with Crippen molar-refractivity contribution in [2.75, 3.05) is 0 Å². The summed E-state index contributed by atoms with van der Waals surface area (Å²) >= 11 is 0. The number of aliphatic carboxylic acids is 1.